The predicted octanol–water partition coefficient (Wildman–Crippen LogP) is 5.38. The van der Waals surface area contributed by atoms with E-state index in [2.05, 4.69) is 15.3 Å². The third kappa shape index (κ3) is 3.58. The minimum atomic E-state index is -2.60. The number of carbonyl (C=O) groups is 1. The largest absolute Gasteiger partial charge is 0.340 e. The molecule has 2 aliphatic rings. The number of hydrogen-bond donors (Lipinski definition) is 1. The fourth-order valence-electron chi connectivity index (χ4n) is 4.70. The van der Waals surface area contributed by atoms with Crippen molar-refractivity contribution in [3.05, 3.63) is 59.4 Å². The van der Waals surface area contributed by atoms with Gasteiger partial charge in [0, 0.05) is 43.0 Å². The van der Waals surface area contributed by atoms with Crippen LogP contribution in [0.4, 0.5) is 25.8 Å². The van der Waals surface area contributed by atoms with Crippen molar-refractivity contribution in [1.82, 2.24) is 9.78 Å². The van der Waals surface area contributed by atoms with E-state index in [4.69, 9.17) is 0 Å². The quantitative estimate of drug-likeness (QED) is 0.616. The van der Waals surface area contributed by atoms with Gasteiger partial charge in [-0.1, -0.05) is 12.1 Å². The molecule has 0 saturated carbocycles. The Bertz CT molecular complexity index is 1150. The zero-order chi connectivity index (χ0) is 21.5. The van der Waals surface area contributed by atoms with E-state index in [9.17, 15) is 13.6 Å². The van der Waals surface area contributed by atoms with Crippen LogP contribution in [0.25, 0.3) is 11.1 Å². The summed E-state index contributed by atoms with van der Waals surface area (Å²) in [5, 5.41) is 7.21. The molecule has 31 heavy (non-hydrogen) atoms. The molecule has 0 aliphatic carbocycles. The maximum absolute atomic E-state index is 14.1. The van der Waals surface area contributed by atoms with Gasteiger partial charge in [-0.05, 0) is 60.6 Å². The molecule has 5 nitrogen and oxygen atoms in total. The van der Waals surface area contributed by atoms with Crippen molar-refractivity contribution in [1.29, 1.82) is 0 Å². The summed E-state index contributed by atoms with van der Waals surface area (Å²) in [7, 11) is 1.78. The number of carbonyl (C=O) groups excluding carboxylic acids is 1. The highest BCUT2D eigenvalue weighted by Gasteiger charge is 2.27. The maximum atomic E-state index is 14.1. The molecular weight excluding hydrogens is 398 g/mol. The topological polar surface area (TPSA) is 50.2 Å². The third-order valence-corrected chi connectivity index (χ3v) is 6.15. The molecule has 2 aromatic carbocycles. The van der Waals surface area contributed by atoms with Crippen LogP contribution in [0.15, 0.2) is 42.7 Å². The lowest BCUT2D eigenvalue weighted by molar-refractivity contribution is -0.116. The van der Waals surface area contributed by atoms with Crippen molar-refractivity contribution >= 4 is 23.0 Å². The molecule has 0 unspecified atom stereocenters. The number of halogens is 2. The highest BCUT2D eigenvalue weighted by molar-refractivity contribution is 5.97. The van der Waals surface area contributed by atoms with Crippen LogP contribution in [0, 0.1) is 0 Å². The second kappa shape index (κ2) is 7.80. The van der Waals surface area contributed by atoms with Crippen molar-refractivity contribution in [2.24, 2.45) is 7.05 Å². The highest BCUT2D eigenvalue weighted by atomic mass is 19.3. The van der Waals surface area contributed by atoms with Crippen LogP contribution >= 0.6 is 0 Å². The minimum Gasteiger partial charge on any atom is -0.340 e. The first kappa shape index (κ1) is 19.7. The number of amides is 1. The molecule has 1 amide bonds. The number of rotatable bonds is 3. The van der Waals surface area contributed by atoms with E-state index in [1.807, 2.05) is 24.3 Å². The number of nitrogens with one attached hydrogen (secondary N) is 1. The Morgan fingerprint density at radius 1 is 1.06 bits per heavy atom. The summed E-state index contributed by atoms with van der Waals surface area (Å²) < 4.78 is 29.8. The first-order chi connectivity index (χ1) is 15.0. The Kier molecular flexibility index (Phi) is 4.96. The summed E-state index contributed by atoms with van der Waals surface area (Å²) in [4.78, 5) is 14.3. The van der Waals surface area contributed by atoms with Crippen molar-refractivity contribution in [3.63, 3.8) is 0 Å². The summed E-state index contributed by atoms with van der Waals surface area (Å²) in [6.45, 7) is 0.717. The van der Waals surface area contributed by atoms with Crippen LogP contribution in [0.1, 0.15) is 42.4 Å². The summed E-state index contributed by atoms with van der Waals surface area (Å²) in [5.41, 5.74) is 5.84. The second-order valence-corrected chi connectivity index (χ2v) is 8.24. The van der Waals surface area contributed by atoms with E-state index in [0.717, 1.165) is 53.9 Å². The van der Waals surface area contributed by atoms with Crippen LogP contribution in [0.5, 0.6) is 0 Å². The van der Waals surface area contributed by atoms with E-state index in [1.54, 1.807) is 30.2 Å². The van der Waals surface area contributed by atoms with Gasteiger partial charge in [0.15, 0.2) is 0 Å². The summed E-state index contributed by atoms with van der Waals surface area (Å²) in [5.74, 6) is 0.00336. The lowest BCUT2D eigenvalue weighted by atomic mass is 9.92. The molecule has 0 spiro atoms. The van der Waals surface area contributed by atoms with Gasteiger partial charge in [0.1, 0.15) is 0 Å². The van der Waals surface area contributed by atoms with Gasteiger partial charge < -0.3 is 10.2 Å². The van der Waals surface area contributed by atoms with Crippen LogP contribution < -0.4 is 10.2 Å². The van der Waals surface area contributed by atoms with Gasteiger partial charge in [-0.25, -0.2) is 8.78 Å². The Balaban J connectivity index is 1.65. The van der Waals surface area contributed by atoms with Gasteiger partial charge in [-0.3, -0.25) is 9.48 Å². The van der Waals surface area contributed by atoms with E-state index in [-0.39, 0.29) is 11.5 Å². The molecule has 0 saturated heterocycles. The van der Waals surface area contributed by atoms with Gasteiger partial charge >= 0.3 is 0 Å². The standard InChI is InChI=1S/C24H24F2N4O/c1-29-14-17(13-27-29)18-11-16-7-4-10-30(21(16)12-19(18)24(25)26)20-8-2-5-15-6-3-9-22(31)28-23(15)20/h2,5,8,11-14,24H,3-4,6-7,9-10H2,1H3,(H,28,31). The number of aryl methyl sites for hydroxylation is 3. The van der Waals surface area contributed by atoms with Crippen molar-refractivity contribution in [3.8, 4) is 11.1 Å². The number of nitrogens with zero attached hydrogens (tertiary/aromatic N) is 3. The molecule has 160 valence electrons. The summed E-state index contributed by atoms with van der Waals surface area (Å²) in [6, 6.07) is 9.50. The predicted molar refractivity (Wildman–Crippen MR) is 117 cm³/mol. The molecule has 3 heterocycles. The van der Waals surface area contributed by atoms with E-state index < -0.39 is 6.43 Å². The number of hydrogen-bond acceptors (Lipinski definition) is 3. The Morgan fingerprint density at radius 2 is 1.90 bits per heavy atom. The highest BCUT2D eigenvalue weighted by Crippen LogP contribution is 2.44. The fraction of sp³-hybridized carbons (Fsp3) is 0.333. The number of anilines is 3. The zero-order valence-electron chi connectivity index (χ0n) is 17.4. The first-order valence-electron chi connectivity index (χ1n) is 10.6. The number of alkyl halides is 2. The average Bonchev–Trinajstić information content (AvgIpc) is 3.09. The van der Waals surface area contributed by atoms with Crippen molar-refractivity contribution < 1.29 is 13.6 Å². The van der Waals surface area contributed by atoms with Gasteiger partial charge in [-0.15, -0.1) is 0 Å². The number of fused-ring (bicyclic) bond motifs is 2. The molecule has 5 rings (SSSR count). The van der Waals surface area contributed by atoms with Gasteiger partial charge in [0.25, 0.3) is 6.43 Å². The molecule has 0 bridgehead atoms. The summed E-state index contributed by atoms with van der Waals surface area (Å²) in [6.07, 6.45) is 4.65. The number of benzene rings is 2. The van der Waals surface area contributed by atoms with Crippen LogP contribution in [0.3, 0.4) is 0 Å². The lowest BCUT2D eigenvalue weighted by Crippen LogP contribution is -2.26. The molecular formula is C24H24F2N4O. The lowest BCUT2D eigenvalue weighted by Gasteiger charge is -2.34. The molecule has 7 heteroatoms. The Morgan fingerprint density at radius 3 is 2.68 bits per heavy atom. The van der Waals surface area contributed by atoms with Crippen molar-refractivity contribution in [2.45, 2.75) is 38.5 Å². The minimum absolute atomic E-state index is 0.00336. The molecule has 0 fully saturated rings. The van der Waals surface area contributed by atoms with Crippen molar-refractivity contribution in [2.75, 3.05) is 16.8 Å². The molecule has 2 aliphatic heterocycles. The van der Waals surface area contributed by atoms with E-state index in [1.165, 1.54) is 0 Å². The van der Waals surface area contributed by atoms with Gasteiger partial charge in [-0.2, -0.15) is 5.10 Å². The zero-order valence-corrected chi connectivity index (χ0v) is 17.4. The number of aromatic nitrogens is 2. The van der Waals surface area contributed by atoms with E-state index >= 15 is 0 Å². The smallest absolute Gasteiger partial charge is 0.264 e. The normalized spacial score (nSPS) is 16.0. The third-order valence-electron chi connectivity index (χ3n) is 6.15. The summed E-state index contributed by atoms with van der Waals surface area (Å²) >= 11 is 0. The Labute approximate surface area is 179 Å². The SMILES string of the molecule is Cn1cc(-c2cc3c(cc2C(F)F)N(c2cccc4c2NC(=O)CCC4)CCC3)cn1. The molecule has 0 radical (unpaired) electrons. The number of para-hydroxylation sites is 1. The fourth-order valence-corrected chi connectivity index (χ4v) is 4.70. The van der Waals surface area contributed by atoms with Crippen LogP contribution in [-0.2, 0) is 24.7 Å². The van der Waals surface area contributed by atoms with Gasteiger partial charge in [0.2, 0.25) is 5.91 Å². The molecule has 1 N–H and O–H groups in total. The van der Waals surface area contributed by atoms with Crippen LogP contribution in [-0.4, -0.2) is 22.2 Å². The van der Waals surface area contributed by atoms with Crippen LogP contribution in [0.2, 0.25) is 0 Å². The van der Waals surface area contributed by atoms with Gasteiger partial charge in [0.05, 0.1) is 17.6 Å². The maximum Gasteiger partial charge on any atom is 0.264 e. The molecule has 0 atom stereocenters. The second-order valence-electron chi connectivity index (χ2n) is 8.24. The molecule has 1 aromatic heterocycles. The Hall–Kier alpha value is -3.22. The monoisotopic (exact) mass is 422 g/mol. The molecule has 3 aromatic rings. The van der Waals surface area contributed by atoms with E-state index in [0.29, 0.717) is 24.1 Å². The average molecular weight is 422 g/mol. The first-order valence-corrected chi connectivity index (χ1v) is 10.6.